The molecule has 156 valence electrons. The van der Waals surface area contributed by atoms with Crippen molar-refractivity contribution in [1.29, 1.82) is 0 Å². The van der Waals surface area contributed by atoms with Crippen molar-refractivity contribution in [2.24, 2.45) is 5.41 Å². The van der Waals surface area contributed by atoms with Gasteiger partial charge in [0.25, 0.3) is 0 Å². The van der Waals surface area contributed by atoms with Crippen molar-refractivity contribution in [3.8, 4) is 0 Å². The SMILES string of the molecule is O=C(CCCn1cccn1)N1CC[C@@H](O)[C@](CCCc2ccccc2)(C(=O)O)C1. The van der Waals surface area contributed by atoms with Gasteiger partial charge in [-0.05, 0) is 43.7 Å². The Morgan fingerprint density at radius 1 is 1.17 bits per heavy atom. The summed E-state index contributed by atoms with van der Waals surface area (Å²) in [6.07, 6.45) is 5.63. The first-order valence-electron chi connectivity index (χ1n) is 10.2. The van der Waals surface area contributed by atoms with E-state index in [0.29, 0.717) is 45.2 Å². The molecule has 2 atom stereocenters. The third-order valence-electron chi connectivity index (χ3n) is 5.83. The summed E-state index contributed by atoms with van der Waals surface area (Å²) in [5, 5.41) is 24.6. The van der Waals surface area contributed by atoms with E-state index in [0.717, 1.165) is 12.0 Å². The zero-order valence-corrected chi connectivity index (χ0v) is 16.6. The van der Waals surface area contributed by atoms with Gasteiger partial charge in [0.2, 0.25) is 5.91 Å². The van der Waals surface area contributed by atoms with Crippen LogP contribution in [0.5, 0.6) is 0 Å². The summed E-state index contributed by atoms with van der Waals surface area (Å²) in [6.45, 7) is 1.12. The number of aliphatic hydroxyl groups excluding tert-OH is 1. The molecule has 2 heterocycles. The number of aryl methyl sites for hydroxylation is 2. The van der Waals surface area contributed by atoms with Crippen LogP contribution in [-0.4, -0.2) is 56.0 Å². The van der Waals surface area contributed by atoms with Crippen molar-refractivity contribution >= 4 is 11.9 Å². The molecule has 29 heavy (non-hydrogen) atoms. The molecule has 1 amide bonds. The average molecular weight is 399 g/mol. The van der Waals surface area contributed by atoms with Crippen molar-refractivity contribution < 1.29 is 19.8 Å². The molecule has 1 aromatic heterocycles. The number of aliphatic carboxylic acids is 1. The number of nitrogens with zero attached hydrogens (tertiary/aromatic N) is 3. The standard InChI is InChI=1S/C22H29N3O4/c26-19-11-16-24(20(27)10-5-14-25-15-6-13-23-25)17-22(19,21(28)29)12-4-9-18-7-2-1-3-8-18/h1-3,6-8,13,15,19,26H,4-5,9-12,14,16-17H2,(H,28,29)/t19-,22-/m1/s1. The van der Waals surface area contributed by atoms with Gasteiger partial charge >= 0.3 is 5.97 Å². The largest absolute Gasteiger partial charge is 0.481 e. The van der Waals surface area contributed by atoms with Crippen LogP contribution in [0.1, 0.15) is 37.7 Å². The minimum absolute atomic E-state index is 0.0576. The molecule has 0 saturated carbocycles. The monoisotopic (exact) mass is 399 g/mol. The minimum atomic E-state index is -1.30. The Labute approximate surface area is 171 Å². The van der Waals surface area contributed by atoms with E-state index in [-0.39, 0.29) is 12.5 Å². The van der Waals surface area contributed by atoms with Gasteiger partial charge in [-0.2, -0.15) is 5.10 Å². The van der Waals surface area contributed by atoms with Gasteiger partial charge in [-0.25, -0.2) is 0 Å². The van der Waals surface area contributed by atoms with Crippen molar-refractivity contribution in [1.82, 2.24) is 14.7 Å². The Morgan fingerprint density at radius 2 is 1.97 bits per heavy atom. The van der Waals surface area contributed by atoms with E-state index in [9.17, 15) is 19.8 Å². The average Bonchev–Trinajstić information content (AvgIpc) is 3.23. The number of carbonyl (C=O) groups excluding carboxylic acids is 1. The predicted octanol–water partition coefficient (Wildman–Crippen LogP) is 2.35. The fourth-order valence-electron chi connectivity index (χ4n) is 4.09. The van der Waals surface area contributed by atoms with Gasteiger partial charge in [-0.15, -0.1) is 0 Å². The zero-order valence-electron chi connectivity index (χ0n) is 16.6. The quantitative estimate of drug-likeness (QED) is 0.675. The third-order valence-corrected chi connectivity index (χ3v) is 5.83. The maximum Gasteiger partial charge on any atom is 0.314 e. The number of amides is 1. The summed E-state index contributed by atoms with van der Waals surface area (Å²) in [4.78, 5) is 26.4. The molecule has 1 aliphatic heterocycles. The second-order valence-corrected chi connectivity index (χ2v) is 7.79. The molecule has 1 aromatic carbocycles. The molecule has 2 aromatic rings. The summed E-state index contributed by atoms with van der Waals surface area (Å²) in [6, 6.07) is 11.7. The highest BCUT2D eigenvalue weighted by Gasteiger charge is 2.49. The Bertz CT molecular complexity index is 794. The van der Waals surface area contributed by atoms with Crippen LogP contribution < -0.4 is 0 Å². The van der Waals surface area contributed by atoms with Crippen LogP contribution in [-0.2, 0) is 22.6 Å². The smallest absolute Gasteiger partial charge is 0.314 e. The van der Waals surface area contributed by atoms with Crippen molar-refractivity contribution in [2.45, 2.75) is 51.2 Å². The van der Waals surface area contributed by atoms with Crippen LogP contribution in [0.2, 0.25) is 0 Å². The molecule has 0 bridgehead atoms. The van der Waals surface area contributed by atoms with Gasteiger partial charge in [0.15, 0.2) is 0 Å². The number of piperidine rings is 1. The summed E-state index contributed by atoms with van der Waals surface area (Å²) >= 11 is 0. The molecule has 7 heteroatoms. The number of carbonyl (C=O) groups is 2. The lowest BCUT2D eigenvalue weighted by Crippen LogP contribution is -2.57. The van der Waals surface area contributed by atoms with Gasteiger partial charge in [0, 0.05) is 38.4 Å². The molecule has 2 N–H and O–H groups in total. The molecule has 0 aliphatic carbocycles. The van der Waals surface area contributed by atoms with Crippen LogP contribution in [0, 0.1) is 5.41 Å². The molecular weight excluding hydrogens is 370 g/mol. The molecule has 1 saturated heterocycles. The lowest BCUT2D eigenvalue weighted by Gasteiger charge is -2.43. The summed E-state index contributed by atoms with van der Waals surface area (Å²) in [5.74, 6) is -1.08. The molecule has 7 nitrogen and oxygen atoms in total. The number of carboxylic acid groups (broad SMARTS) is 1. The van der Waals surface area contributed by atoms with E-state index in [1.54, 1.807) is 15.8 Å². The van der Waals surface area contributed by atoms with Crippen molar-refractivity contribution in [3.05, 3.63) is 54.4 Å². The summed E-state index contributed by atoms with van der Waals surface area (Å²) < 4.78 is 1.78. The fraction of sp³-hybridized carbons (Fsp3) is 0.500. The van der Waals surface area contributed by atoms with E-state index >= 15 is 0 Å². The van der Waals surface area contributed by atoms with Gasteiger partial charge < -0.3 is 15.1 Å². The van der Waals surface area contributed by atoms with Gasteiger partial charge in [-0.3, -0.25) is 14.3 Å². The minimum Gasteiger partial charge on any atom is -0.481 e. The first-order chi connectivity index (χ1) is 14.0. The van der Waals surface area contributed by atoms with E-state index in [1.807, 2.05) is 42.6 Å². The van der Waals surface area contributed by atoms with E-state index in [2.05, 4.69) is 5.10 Å². The molecule has 1 fully saturated rings. The predicted molar refractivity (Wildman–Crippen MR) is 108 cm³/mol. The van der Waals surface area contributed by atoms with E-state index in [1.165, 1.54) is 0 Å². The summed E-state index contributed by atoms with van der Waals surface area (Å²) in [5.41, 5.74) is -0.158. The lowest BCUT2D eigenvalue weighted by molar-refractivity contribution is -0.167. The number of benzene rings is 1. The van der Waals surface area contributed by atoms with Crippen LogP contribution in [0.15, 0.2) is 48.8 Å². The zero-order chi connectivity index (χ0) is 20.7. The lowest BCUT2D eigenvalue weighted by atomic mass is 9.73. The van der Waals surface area contributed by atoms with Crippen LogP contribution in [0.3, 0.4) is 0 Å². The highest BCUT2D eigenvalue weighted by atomic mass is 16.4. The maximum atomic E-state index is 12.7. The molecule has 0 unspecified atom stereocenters. The van der Waals surface area contributed by atoms with Crippen LogP contribution in [0.4, 0.5) is 0 Å². The second-order valence-electron chi connectivity index (χ2n) is 7.79. The Morgan fingerprint density at radius 3 is 2.66 bits per heavy atom. The highest BCUT2D eigenvalue weighted by molar-refractivity contribution is 5.80. The van der Waals surface area contributed by atoms with Crippen molar-refractivity contribution in [2.75, 3.05) is 13.1 Å². The molecule has 0 spiro atoms. The number of likely N-dealkylation sites (tertiary alicyclic amines) is 1. The molecule has 1 aliphatic rings. The first-order valence-corrected chi connectivity index (χ1v) is 10.2. The first kappa shape index (κ1) is 21.0. The second kappa shape index (κ2) is 9.69. The number of carboxylic acids is 1. The Balaban J connectivity index is 1.58. The molecular formula is C22H29N3O4. The number of rotatable bonds is 9. The normalized spacial score (nSPS) is 21.8. The maximum absolute atomic E-state index is 12.7. The van der Waals surface area contributed by atoms with Crippen LogP contribution >= 0.6 is 0 Å². The fourth-order valence-corrected chi connectivity index (χ4v) is 4.09. The molecule has 3 rings (SSSR count). The third kappa shape index (κ3) is 5.23. The Kier molecular flexibility index (Phi) is 7.04. The number of hydrogen-bond donors (Lipinski definition) is 2. The van der Waals surface area contributed by atoms with Crippen LogP contribution in [0.25, 0.3) is 0 Å². The number of hydrogen-bond acceptors (Lipinski definition) is 4. The van der Waals surface area contributed by atoms with Gasteiger partial charge in [0.05, 0.1) is 6.10 Å². The van der Waals surface area contributed by atoms with Crippen molar-refractivity contribution in [3.63, 3.8) is 0 Å². The topological polar surface area (TPSA) is 95.7 Å². The summed E-state index contributed by atoms with van der Waals surface area (Å²) in [7, 11) is 0. The number of aliphatic hydroxyl groups is 1. The Hall–Kier alpha value is -2.67. The van der Waals surface area contributed by atoms with Gasteiger partial charge in [0.1, 0.15) is 5.41 Å². The number of aromatic nitrogens is 2. The van der Waals surface area contributed by atoms with E-state index in [4.69, 9.17) is 0 Å². The highest BCUT2D eigenvalue weighted by Crippen LogP contribution is 2.36. The molecule has 0 radical (unpaired) electrons. The van der Waals surface area contributed by atoms with Gasteiger partial charge in [-0.1, -0.05) is 30.3 Å². The van der Waals surface area contributed by atoms with E-state index < -0.39 is 17.5 Å².